The number of nitrogens with zero attached hydrogens (tertiary/aromatic N) is 1. The molecule has 8 nitrogen and oxygen atoms in total. The fourth-order valence-corrected chi connectivity index (χ4v) is 4.84. The molecular formula is C29H25N2O6P. The normalized spacial score (nSPS) is 12.5. The van der Waals surface area contributed by atoms with Crippen LogP contribution in [0.4, 0.5) is 0 Å². The van der Waals surface area contributed by atoms with Gasteiger partial charge in [-0.05, 0) is 47.0 Å². The number of H-pyrrole nitrogens is 1. The molecule has 1 aliphatic rings. The molecule has 0 spiro atoms. The van der Waals surface area contributed by atoms with E-state index in [1.165, 1.54) is 6.26 Å². The lowest BCUT2D eigenvalue weighted by Gasteiger charge is -2.19. The third kappa shape index (κ3) is 6.62. The predicted molar refractivity (Wildman–Crippen MR) is 144 cm³/mol. The number of phosphoric acid groups is 1. The van der Waals surface area contributed by atoms with Crippen LogP contribution in [0.5, 0.6) is 5.75 Å². The summed E-state index contributed by atoms with van der Waals surface area (Å²) < 4.78 is 36.6. The standard InChI is InChI=1S/C29H25N2O6P/c32-29-25-13-7-8-16-34-28-15-14-24(17-26(28)27(18-25)30-31-29)21-37-38(33,35-19-22-9-3-1-4-10-22)36-20-23-11-5-2-6-12-23/h1-18H,19-21H2,(H,31,32). The van der Waals surface area contributed by atoms with Crippen LogP contribution in [0.15, 0.2) is 108 Å². The Hall–Kier alpha value is -4.07. The van der Waals surface area contributed by atoms with Crippen LogP contribution in [-0.4, -0.2) is 10.2 Å². The topological polar surface area (TPSA) is 99.7 Å². The summed E-state index contributed by atoms with van der Waals surface area (Å²) >= 11 is 0. The fraction of sp³-hybridized carbons (Fsp3) is 0.103. The molecule has 1 N–H and O–H groups in total. The molecule has 0 saturated carbocycles. The Labute approximate surface area is 219 Å². The van der Waals surface area contributed by atoms with Gasteiger partial charge in [0.05, 0.1) is 31.8 Å². The van der Waals surface area contributed by atoms with Crippen molar-refractivity contribution >= 4 is 13.9 Å². The first-order valence-electron chi connectivity index (χ1n) is 11.9. The second kappa shape index (κ2) is 12.0. The van der Waals surface area contributed by atoms with E-state index in [-0.39, 0.29) is 25.4 Å². The highest BCUT2D eigenvalue weighted by molar-refractivity contribution is 7.48. The summed E-state index contributed by atoms with van der Waals surface area (Å²) in [6.45, 7) is 0.0732. The van der Waals surface area contributed by atoms with E-state index >= 15 is 0 Å². The van der Waals surface area contributed by atoms with Gasteiger partial charge in [0.15, 0.2) is 0 Å². The zero-order valence-electron chi connectivity index (χ0n) is 20.4. The summed E-state index contributed by atoms with van der Waals surface area (Å²) in [5.41, 5.74) is 3.67. The van der Waals surface area contributed by atoms with Crippen LogP contribution >= 0.6 is 7.82 Å². The highest BCUT2D eigenvalue weighted by Crippen LogP contribution is 2.51. The minimum absolute atomic E-state index is 0.0555. The van der Waals surface area contributed by atoms with Crippen molar-refractivity contribution in [1.82, 2.24) is 10.2 Å². The highest BCUT2D eigenvalue weighted by Gasteiger charge is 2.27. The van der Waals surface area contributed by atoms with E-state index in [2.05, 4.69) is 10.2 Å². The number of ether oxygens (including phenoxy) is 1. The Kier molecular flexibility index (Phi) is 8.06. The summed E-state index contributed by atoms with van der Waals surface area (Å²) in [7, 11) is -3.95. The lowest BCUT2D eigenvalue weighted by atomic mass is 10.1. The maximum absolute atomic E-state index is 13.6. The van der Waals surface area contributed by atoms with E-state index < -0.39 is 7.82 Å². The van der Waals surface area contributed by atoms with Crippen LogP contribution in [0.3, 0.4) is 0 Å². The van der Waals surface area contributed by atoms with Gasteiger partial charge < -0.3 is 4.74 Å². The smallest absolute Gasteiger partial charge is 0.464 e. The number of aromatic nitrogens is 2. The van der Waals surface area contributed by atoms with E-state index in [0.717, 1.165) is 11.1 Å². The molecule has 0 amide bonds. The van der Waals surface area contributed by atoms with E-state index in [0.29, 0.717) is 28.1 Å². The lowest BCUT2D eigenvalue weighted by Crippen LogP contribution is -2.12. The summed E-state index contributed by atoms with van der Waals surface area (Å²) in [6, 6.07) is 25.8. The molecule has 192 valence electrons. The number of rotatable bonds is 9. The number of aromatic amines is 1. The fourth-order valence-electron chi connectivity index (χ4n) is 3.69. The quantitative estimate of drug-likeness (QED) is 0.251. The average Bonchev–Trinajstić information content (AvgIpc) is 2.96. The first kappa shape index (κ1) is 25.6. The number of nitrogens with one attached hydrogen (secondary N) is 1. The number of hydrogen-bond donors (Lipinski definition) is 1. The van der Waals surface area contributed by atoms with Crippen molar-refractivity contribution < 1.29 is 22.9 Å². The van der Waals surface area contributed by atoms with Crippen molar-refractivity contribution in [2.24, 2.45) is 0 Å². The molecule has 9 heteroatoms. The van der Waals surface area contributed by atoms with Crippen LogP contribution in [0.25, 0.3) is 17.3 Å². The van der Waals surface area contributed by atoms with Crippen molar-refractivity contribution in [3.63, 3.8) is 0 Å². The lowest BCUT2D eigenvalue weighted by molar-refractivity contribution is 0.0978. The third-order valence-corrected chi connectivity index (χ3v) is 7.00. The molecule has 5 rings (SSSR count). The van der Waals surface area contributed by atoms with Crippen molar-refractivity contribution in [1.29, 1.82) is 0 Å². The van der Waals surface area contributed by atoms with Gasteiger partial charge in [-0.1, -0.05) is 72.8 Å². The number of allylic oxidation sites excluding steroid dienone is 2. The monoisotopic (exact) mass is 528 g/mol. The summed E-state index contributed by atoms with van der Waals surface area (Å²) in [5.74, 6) is 0.537. The molecule has 0 saturated heterocycles. The van der Waals surface area contributed by atoms with Gasteiger partial charge in [-0.15, -0.1) is 0 Å². The number of hydrogen-bond acceptors (Lipinski definition) is 7. The highest BCUT2D eigenvalue weighted by atomic mass is 31.2. The van der Waals surface area contributed by atoms with Crippen LogP contribution in [0, 0.1) is 0 Å². The Balaban J connectivity index is 1.37. The largest absolute Gasteiger partial charge is 0.475 e. The van der Waals surface area contributed by atoms with Gasteiger partial charge in [0.1, 0.15) is 5.75 Å². The molecular weight excluding hydrogens is 503 g/mol. The number of benzene rings is 3. The van der Waals surface area contributed by atoms with Gasteiger partial charge >= 0.3 is 7.82 Å². The maximum atomic E-state index is 13.6. The minimum atomic E-state index is -3.95. The van der Waals surface area contributed by atoms with Crippen molar-refractivity contribution in [3.8, 4) is 17.0 Å². The summed E-state index contributed by atoms with van der Waals surface area (Å²) in [4.78, 5) is 12.1. The molecule has 2 bridgehead atoms. The predicted octanol–water partition coefficient (Wildman–Crippen LogP) is 6.41. The van der Waals surface area contributed by atoms with Crippen LogP contribution in [0.2, 0.25) is 0 Å². The third-order valence-electron chi connectivity index (χ3n) is 5.67. The maximum Gasteiger partial charge on any atom is 0.475 e. The molecule has 4 aromatic rings. The molecule has 1 aliphatic heterocycles. The van der Waals surface area contributed by atoms with Crippen LogP contribution < -0.4 is 10.3 Å². The van der Waals surface area contributed by atoms with Gasteiger partial charge in [-0.2, -0.15) is 5.10 Å². The first-order chi connectivity index (χ1) is 18.6. The molecule has 0 radical (unpaired) electrons. The Morgan fingerprint density at radius 1 is 0.763 bits per heavy atom. The van der Waals surface area contributed by atoms with E-state index in [9.17, 15) is 9.36 Å². The SMILES string of the molecule is O=c1[nH]nc2cc1C=CC=COc1ccc(COP(=O)(OCc3ccccc3)OCc3ccccc3)cc1-2. The van der Waals surface area contributed by atoms with Crippen LogP contribution in [0.1, 0.15) is 22.3 Å². The average molecular weight is 529 g/mol. The van der Waals surface area contributed by atoms with E-state index in [4.69, 9.17) is 18.3 Å². The Morgan fingerprint density at radius 3 is 2.05 bits per heavy atom. The second-order valence-corrected chi connectivity index (χ2v) is 10.1. The summed E-state index contributed by atoms with van der Waals surface area (Å²) in [6.07, 6.45) is 6.60. The van der Waals surface area contributed by atoms with Gasteiger partial charge in [0.25, 0.3) is 5.56 Å². The molecule has 0 atom stereocenters. The summed E-state index contributed by atoms with van der Waals surface area (Å²) in [5, 5.41) is 6.69. The Morgan fingerprint density at radius 2 is 1.39 bits per heavy atom. The molecule has 0 unspecified atom stereocenters. The molecule has 0 aliphatic carbocycles. The number of phosphoric ester groups is 1. The minimum Gasteiger partial charge on any atom is -0.464 e. The zero-order valence-corrected chi connectivity index (χ0v) is 21.3. The van der Waals surface area contributed by atoms with Gasteiger partial charge in [0.2, 0.25) is 0 Å². The molecule has 2 heterocycles. The van der Waals surface area contributed by atoms with Crippen molar-refractivity contribution in [3.05, 3.63) is 136 Å². The zero-order chi connectivity index (χ0) is 26.2. The Bertz CT molecular complexity index is 1500. The van der Waals surface area contributed by atoms with Gasteiger partial charge in [0, 0.05) is 11.1 Å². The number of fused-ring (bicyclic) bond motifs is 4. The van der Waals surface area contributed by atoms with Gasteiger partial charge in [-0.3, -0.25) is 18.4 Å². The molecule has 0 fully saturated rings. The van der Waals surface area contributed by atoms with Crippen molar-refractivity contribution in [2.45, 2.75) is 19.8 Å². The van der Waals surface area contributed by atoms with E-state index in [1.54, 1.807) is 42.5 Å². The van der Waals surface area contributed by atoms with E-state index in [1.807, 2.05) is 60.7 Å². The van der Waals surface area contributed by atoms with Gasteiger partial charge in [-0.25, -0.2) is 9.66 Å². The first-order valence-corrected chi connectivity index (χ1v) is 13.4. The second-order valence-electron chi connectivity index (χ2n) is 8.41. The molecule has 38 heavy (non-hydrogen) atoms. The molecule has 3 aromatic carbocycles. The van der Waals surface area contributed by atoms with Crippen LogP contribution in [-0.2, 0) is 38.0 Å². The molecule has 1 aromatic heterocycles. The van der Waals surface area contributed by atoms with Crippen molar-refractivity contribution in [2.75, 3.05) is 0 Å².